The van der Waals surface area contributed by atoms with E-state index in [9.17, 15) is 0 Å². The van der Waals surface area contributed by atoms with Gasteiger partial charge in [0.15, 0.2) is 0 Å². The number of H-pyrrole nitrogens is 1. The van der Waals surface area contributed by atoms with E-state index in [0.717, 1.165) is 53.4 Å². The molecule has 1 heterocycles. The van der Waals surface area contributed by atoms with Crippen molar-refractivity contribution in [2.45, 2.75) is 26.7 Å². The third kappa shape index (κ3) is 3.35. The lowest BCUT2D eigenvalue weighted by atomic mass is 10.1. The summed E-state index contributed by atoms with van der Waals surface area (Å²) in [6, 6.07) is 14.3. The van der Waals surface area contributed by atoms with Gasteiger partial charge in [0.25, 0.3) is 0 Å². The number of aromatic nitrogens is 2. The maximum atomic E-state index is 6.55. The number of hydrogen-bond acceptors (Lipinski definition) is 2. The summed E-state index contributed by atoms with van der Waals surface area (Å²) in [5.74, 6) is 0.820. The highest BCUT2D eigenvalue weighted by Gasteiger charge is 2.12. The standard InChI is InChI=1S/C19H22ClN3/c1-3-11-23(12-4-2)14-9-10-15(16(20)13-14)19-21-17-7-5-6-8-18(17)22-19/h5-10,13H,3-4,11-12H2,1-2H3,(H,21,22). The molecule has 0 amide bonds. The molecule has 1 aromatic heterocycles. The van der Waals surface area contributed by atoms with Gasteiger partial charge in [-0.3, -0.25) is 0 Å². The van der Waals surface area contributed by atoms with Crippen LogP contribution in [0, 0.1) is 0 Å². The molecule has 0 saturated carbocycles. The lowest BCUT2D eigenvalue weighted by molar-refractivity contribution is 0.745. The highest BCUT2D eigenvalue weighted by Crippen LogP contribution is 2.31. The fourth-order valence-corrected chi connectivity index (χ4v) is 3.15. The Kier molecular flexibility index (Phi) is 4.87. The van der Waals surface area contributed by atoms with E-state index in [0.29, 0.717) is 0 Å². The first-order chi connectivity index (χ1) is 11.2. The largest absolute Gasteiger partial charge is 0.372 e. The minimum Gasteiger partial charge on any atom is -0.372 e. The van der Waals surface area contributed by atoms with Crippen LogP contribution in [0.4, 0.5) is 5.69 Å². The topological polar surface area (TPSA) is 31.9 Å². The SMILES string of the molecule is CCCN(CCC)c1ccc(-c2nc3ccccc3[nH]2)c(Cl)c1. The maximum Gasteiger partial charge on any atom is 0.139 e. The van der Waals surface area contributed by atoms with Crippen molar-refractivity contribution >= 4 is 28.3 Å². The maximum absolute atomic E-state index is 6.55. The molecule has 0 spiro atoms. The van der Waals surface area contributed by atoms with Crippen molar-refractivity contribution in [2.75, 3.05) is 18.0 Å². The summed E-state index contributed by atoms with van der Waals surface area (Å²) >= 11 is 6.55. The van der Waals surface area contributed by atoms with Crippen LogP contribution in [0.3, 0.4) is 0 Å². The number of benzene rings is 2. The number of nitrogens with one attached hydrogen (secondary N) is 1. The molecular formula is C19H22ClN3. The molecule has 0 saturated heterocycles. The first-order valence-corrected chi connectivity index (χ1v) is 8.60. The quantitative estimate of drug-likeness (QED) is 0.647. The number of anilines is 1. The van der Waals surface area contributed by atoms with Crippen molar-refractivity contribution in [2.24, 2.45) is 0 Å². The van der Waals surface area contributed by atoms with Crippen molar-refractivity contribution in [1.82, 2.24) is 9.97 Å². The third-order valence-electron chi connectivity index (χ3n) is 3.95. The smallest absolute Gasteiger partial charge is 0.139 e. The number of halogens is 1. The minimum atomic E-state index is 0.735. The lowest BCUT2D eigenvalue weighted by Crippen LogP contribution is -2.24. The fraction of sp³-hybridized carbons (Fsp3) is 0.316. The molecule has 0 aliphatic carbocycles. The molecule has 2 aromatic carbocycles. The van der Waals surface area contributed by atoms with Crippen molar-refractivity contribution in [3.05, 3.63) is 47.5 Å². The normalized spacial score (nSPS) is 11.1. The third-order valence-corrected chi connectivity index (χ3v) is 4.26. The average Bonchev–Trinajstić information content (AvgIpc) is 2.98. The van der Waals surface area contributed by atoms with E-state index < -0.39 is 0 Å². The zero-order chi connectivity index (χ0) is 16.2. The average molecular weight is 328 g/mol. The van der Waals surface area contributed by atoms with Gasteiger partial charge in [-0.25, -0.2) is 4.98 Å². The van der Waals surface area contributed by atoms with Crippen LogP contribution in [0.2, 0.25) is 5.02 Å². The number of aromatic amines is 1. The Labute approximate surface area is 142 Å². The summed E-state index contributed by atoms with van der Waals surface area (Å²) < 4.78 is 0. The van der Waals surface area contributed by atoms with Crippen LogP contribution in [0.1, 0.15) is 26.7 Å². The van der Waals surface area contributed by atoms with Crippen LogP contribution < -0.4 is 4.90 Å². The van der Waals surface area contributed by atoms with Gasteiger partial charge < -0.3 is 9.88 Å². The summed E-state index contributed by atoms with van der Waals surface area (Å²) in [5, 5.41) is 0.735. The lowest BCUT2D eigenvalue weighted by Gasteiger charge is -2.24. The van der Waals surface area contributed by atoms with Crippen LogP contribution in [-0.2, 0) is 0 Å². The second-order valence-electron chi connectivity index (χ2n) is 5.75. The molecule has 0 radical (unpaired) electrons. The first-order valence-electron chi connectivity index (χ1n) is 8.22. The van der Waals surface area contributed by atoms with Gasteiger partial charge in [0, 0.05) is 24.3 Å². The van der Waals surface area contributed by atoms with Gasteiger partial charge in [-0.1, -0.05) is 37.6 Å². The molecule has 0 aliphatic heterocycles. The van der Waals surface area contributed by atoms with Crippen molar-refractivity contribution in [3.63, 3.8) is 0 Å². The zero-order valence-corrected chi connectivity index (χ0v) is 14.4. The van der Waals surface area contributed by atoms with Crippen LogP contribution in [0.5, 0.6) is 0 Å². The van der Waals surface area contributed by atoms with E-state index in [1.807, 2.05) is 24.3 Å². The summed E-state index contributed by atoms with van der Waals surface area (Å²) in [4.78, 5) is 10.4. The highest BCUT2D eigenvalue weighted by molar-refractivity contribution is 6.33. The number of nitrogens with zero attached hydrogens (tertiary/aromatic N) is 2. The second kappa shape index (κ2) is 7.05. The Morgan fingerprint density at radius 1 is 1.04 bits per heavy atom. The molecule has 0 fully saturated rings. The van der Waals surface area contributed by atoms with Gasteiger partial charge >= 0.3 is 0 Å². The predicted molar refractivity (Wildman–Crippen MR) is 99.3 cm³/mol. The minimum absolute atomic E-state index is 0.735. The van der Waals surface area contributed by atoms with E-state index in [4.69, 9.17) is 11.6 Å². The molecule has 120 valence electrons. The van der Waals surface area contributed by atoms with Gasteiger partial charge in [-0.2, -0.15) is 0 Å². The van der Waals surface area contributed by atoms with Crippen LogP contribution in [0.25, 0.3) is 22.4 Å². The predicted octanol–water partition coefficient (Wildman–Crippen LogP) is 5.51. The van der Waals surface area contributed by atoms with E-state index in [1.165, 1.54) is 5.69 Å². The number of fused-ring (bicyclic) bond motifs is 1. The van der Waals surface area contributed by atoms with Gasteiger partial charge in [0.05, 0.1) is 16.1 Å². The van der Waals surface area contributed by atoms with Gasteiger partial charge in [-0.05, 0) is 43.2 Å². The van der Waals surface area contributed by atoms with Gasteiger partial charge in [0.2, 0.25) is 0 Å². The molecule has 23 heavy (non-hydrogen) atoms. The summed E-state index contributed by atoms with van der Waals surface area (Å²) in [6.07, 6.45) is 2.26. The molecule has 3 aromatic rings. The Morgan fingerprint density at radius 2 is 1.78 bits per heavy atom. The van der Waals surface area contributed by atoms with Crippen molar-refractivity contribution < 1.29 is 0 Å². The van der Waals surface area contributed by atoms with E-state index in [2.05, 4.69) is 46.9 Å². The summed E-state index contributed by atoms with van der Waals surface area (Å²) in [6.45, 7) is 6.50. The van der Waals surface area contributed by atoms with Gasteiger partial charge in [0.1, 0.15) is 5.82 Å². The Morgan fingerprint density at radius 3 is 2.43 bits per heavy atom. The van der Waals surface area contributed by atoms with Crippen molar-refractivity contribution in [3.8, 4) is 11.4 Å². The fourth-order valence-electron chi connectivity index (χ4n) is 2.88. The van der Waals surface area contributed by atoms with E-state index in [1.54, 1.807) is 0 Å². The number of rotatable bonds is 6. The molecule has 4 heteroatoms. The molecule has 1 N–H and O–H groups in total. The van der Waals surface area contributed by atoms with E-state index in [-0.39, 0.29) is 0 Å². The number of hydrogen-bond donors (Lipinski definition) is 1. The molecule has 3 nitrogen and oxygen atoms in total. The Bertz CT molecular complexity index is 755. The molecule has 0 unspecified atom stereocenters. The van der Waals surface area contributed by atoms with E-state index >= 15 is 0 Å². The molecule has 0 aliphatic rings. The number of imidazole rings is 1. The monoisotopic (exact) mass is 327 g/mol. The molecule has 0 bridgehead atoms. The highest BCUT2D eigenvalue weighted by atomic mass is 35.5. The van der Waals surface area contributed by atoms with Crippen LogP contribution in [0.15, 0.2) is 42.5 Å². The molecule has 3 rings (SSSR count). The number of para-hydroxylation sites is 2. The van der Waals surface area contributed by atoms with Crippen molar-refractivity contribution in [1.29, 1.82) is 0 Å². The summed E-state index contributed by atoms with van der Waals surface area (Å²) in [5.41, 5.74) is 4.11. The summed E-state index contributed by atoms with van der Waals surface area (Å²) in [7, 11) is 0. The van der Waals surface area contributed by atoms with Gasteiger partial charge in [-0.15, -0.1) is 0 Å². The zero-order valence-electron chi connectivity index (χ0n) is 13.6. The van der Waals surface area contributed by atoms with Crippen LogP contribution in [-0.4, -0.2) is 23.1 Å². The molecule has 0 atom stereocenters. The molecular weight excluding hydrogens is 306 g/mol. The Hall–Kier alpha value is -2.00. The second-order valence-corrected chi connectivity index (χ2v) is 6.16. The first kappa shape index (κ1) is 15.9. The Balaban J connectivity index is 1.95. The van der Waals surface area contributed by atoms with Crippen LogP contribution >= 0.6 is 11.6 Å².